The van der Waals surface area contributed by atoms with E-state index in [1.807, 2.05) is 0 Å². The summed E-state index contributed by atoms with van der Waals surface area (Å²) in [4.78, 5) is 0. The van der Waals surface area contributed by atoms with Gasteiger partial charge in [0, 0.05) is 17.8 Å². The number of fused-ring (bicyclic) bond motifs is 1. The molecule has 0 aromatic heterocycles. The summed E-state index contributed by atoms with van der Waals surface area (Å²) in [5.41, 5.74) is 2.66. The van der Waals surface area contributed by atoms with Crippen molar-refractivity contribution in [1.29, 1.82) is 0 Å². The first kappa shape index (κ1) is 10.9. The predicted octanol–water partition coefficient (Wildman–Crippen LogP) is 3.61. The van der Waals surface area contributed by atoms with Crippen molar-refractivity contribution in [3.63, 3.8) is 0 Å². The normalized spacial score (nSPS) is 19.8. The molecule has 2 aliphatic rings. The number of anilines is 1. The number of benzene rings is 1. The largest absolute Gasteiger partial charge is 0.493 e. The zero-order valence-corrected chi connectivity index (χ0v) is 10.4. The van der Waals surface area contributed by atoms with E-state index in [0.717, 1.165) is 31.2 Å². The fourth-order valence-electron chi connectivity index (χ4n) is 3.00. The quantitative estimate of drug-likeness (QED) is 0.858. The van der Waals surface area contributed by atoms with E-state index in [0.29, 0.717) is 0 Å². The summed E-state index contributed by atoms with van der Waals surface area (Å²) >= 11 is 0. The Morgan fingerprint density at radius 1 is 1.18 bits per heavy atom. The van der Waals surface area contributed by atoms with Gasteiger partial charge in [-0.2, -0.15) is 0 Å². The second-order valence-electron chi connectivity index (χ2n) is 5.27. The summed E-state index contributed by atoms with van der Waals surface area (Å²) in [6.07, 6.45) is 7.87. The molecular weight excluding hydrogens is 210 g/mol. The lowest BCUT2D eigenvalue weighted by atomic mass is 10.0. The van der Waals surface area contributed by atoms with Crippen LogP contribution in [0.3, 0.4) is 0 Å². The van der Waals surface area contributed by atoms with E-state index in [9.17, 15) is 0 Å². The molecule has 1 N–H and O–H groups in total. The summed E-state index contributed by atoms with van der Waals surface area (Å²) < 4.78 is 6.05. The van der Waals surface area contributed by atoms with Crippen molar-refractivity contribution >= 4 is 5.69 Å². The van der Waals surface area contributed by atoms with Crippen molar-refractivity contribution < 1.29 is 4.74 Å². The molecule has 1 heterocycles. The van der Waals surface area contributed by atoms with Crippen LogP contribution in [-0.2, 0) is 6.42 Å². The second kappa shape index (κ2) is 4.99. The molecule has 2 nitrogen and oxygen atoms in total. The molecule has 2 heteroatoms. The van der Waals surface area contributed by atoms with E-state index in [-0.39, 0.29) is 0 Å². The molecule has 0 saturated heterocycles. The maximum Gasteiger partial charge on any atom is 0.124 e. The third-order valence-electron chi connectivity index (χ3n) is 4.00. The SMILES string of the molecule is c1cc2c(c(OCC3CCCC3)c1)CCCN2. The van der Waals surface area contributed by atoms with Crippen molar-refractivity contribution in [2.24, 2.45) is 5.92 Å². The number of rotatable bonds is 3. The first-order valence-corrected chi connectivity index (χ1v) is 6.92. The molecule has 92 valence electrons. The minimum absolute atomic E-state index is 0.794. The maximum atomic E-state index is 6.05. The Bertz CT molecular complexity index is 383. The molecule has 1 aliphatic carbocycles. The smallest absolute Gasteiger partial charge is 0.124 e. The van der Waals surface area contributed by atoms with Crippen LogP contribution in [0.5, 0.6) is 5.75 Å². The molecule has 0 unspecified atom stereocenters. The van der Waals surface area contributed by atoms with Gasteiger partial charge in [0.25, 0.3) is 0 Å². The first-order chi connectivity index (χ1) is 8.43. The molecule has 1 aromatic rings. The van der Waals surface area contributed by atoms with Crippen molar-refractivity contribution in [3.05, 3.63) is 23.8 Å². The lowest BCUT2D eigenvalue weighted by Crippen LogP contribution is -2.14. The van der Waals surface area contributed by atoms with E-state index < -0.39 is 0 Å². The van der Waals surface area contributed by atoms with Crippen molar-refractivity contribution in [2.45, 2.75) is 38.5 Å². The summed E-state index contributed by atoms with van der Waals surface area (Å²) in [6.45, 7) is 2.01. The number of ether oxygens (including phenoxy) is 1. The third kappa shape index (κ3) is 2.41. The van der Waals surface area contributed by atoms with Gasteiger partial charge in [-0.1, -0.05) is 18.9 Å². The molecule has 1 aromatic carbocycles. The van der Waals surface area contributed by atoms with Gasteiger partial charge in [0.1, 0.15) is 5.75 Å². The highest BCUT2D eigenvalue weighted by atomic mass is 16.5. The van der Waals surface area contributed by atoms with E-state index in [1.54, 1.807) is 0 Å². The molecule has 0 spiro atoms. The van der Waals surface area contributed by atoms with E-state index in [1.165, 1.54) is 43.4 Å². The van der Waals surface area contributed by atoms with Gasteiger partial charge in [-0.25, -0.2) is 0 Å². The molecule has 17 heavy (non-hydrogen) atoms. The Morgan fingerprint density at radius 3 is 2.94 bits per heavy atom. The van der Waals surface area contributed by atoms with Gasteiger partial charge < -0.3 is 10.1 Å². The van der Waals surface area contributed by atoms with Crippen molar-refractivity contribution in [1.82, 2.24) is 0 Å². The maximum absolute atomic E-state index is 6.05. The second-order valence-corrected chi connectivity index (χ2v) is 5.27. The molecule has 1 fully saturated rings. The molecule has 1 aliphatic heterocycles. The molecule has 0 amide bonds. The summed E-state index contributed by atoms with van der Waals surface area (Å²) in [5, 5.41) is 3.45. The fourth-order valence-corrected chi connectivity index (χ4v) is 3.00. The summed E-state index contributed by atoms with van der Waals surface area (Å²) in [6, 6.07) is 6.39. The van der Waals surface area contributed by atoms with Crippen LogP contribution in [0, 0.1) is 5.92 Å². The summed E-state index contributed by atoms with van der Waals surface area (Å²) in [5.74, 6) is 1.91. The number of hydrogen-bond acceptors (Lipinski definition) is 2. The number of nitrogens with one attached hydrogen (secondary N) is 1. The molecule has 0 radical (unpaired) electrons. The monoisotopic (exact) mass is 231 g/mol. The average molecular weight is 231 g/mol. The number of hydrogen-bond donors (Lipinski definition) is 1. The van der Waals surface area contributed by atoms with Gasteiger partial charge in [-0.3, -0.25) is 0 Å². The van der Waals surface area contributed by atoms with E-state index in [4.69, 9.17) is 4.74 Å². The minimum Gasteiger partial charge on any atom is -0.493 e. The van der Waals surface area contributed by atoms with Gasteiger partial charge in [0.05, 0.1) is 6.61 Å². The molecule has 3 rings (SSSR count). The predicted molar refractivity (Wildman–Crippen MR) is 70.7 cm³/mol. The van der Waals surface area contributed by atoms with Crippen LogP contribution in [0.15, 0.2) is 18.2 Å². The lowest BCUT2D eigenvalue weighted by molar-refractivity contribution is 0.250. The Balaban J connectivity index is 1.69. The van der Waals surface area contributed by atoms with Crippen LogP contribution in [0.4, 0.5) is 5.69 Å². The Hall–Kier alpha value is -1.18. The van der Waals surface area contributed by atoms with Crippen LogP contribution in [0.25, 0.3) is 0 Å². The average Bonchev–Trinajstić information content (AvgIpc) is 2.89. The van der Waals surface area contributed by atoms with E-state index in [2.05, 4.69) is 23.5 Å². The zero-order valence-electron chi connectivity index (χ0n) is 10.4. The van der Waals surface area contributed by atoms with Crippen molar-refractivity contribution in [2.75, 3.05) is 18.5 Å². The van der Waals surface area contributed by atoms with Crippen molar-refractivity contribution in [3.8, 4) is 5.75 Å². The van der Waals surface area contributed by atoms with Gasteiger partial charge >= 0.3 is 0 Å². The fraction of sp³-hybridized carbons (Fsp3) is 0.600. The highest BCUT2D eigenvalue weighted by molar-refractivity contribution is 5.59. The zero-order chi connectivity index (χ0) is 11.5. The summed E-state index contributed by atoms with van der Waals surface area (Å²) in [7, 11) is 0. The Morgan fingerprint density at radius 2 is 2.06 bits per heavy atom. The van der Waals surface area contributed by atoms with Gasteiger partial charge in [0.2, 0.25) is 0 Å². The van der Waals surface area contributed by atoms with Crippen LogP contribution in [-0.4, -0.2) is 13.2 Å². The van der Waals surface area contributed by atoms with Crippen LogP contribution in [0.2, 0.25) is 0 Å². The highest BCUT2D eigenvalue weighted by Crippen LogP contribution is 2.32. The van der Waals surface area contributed by atoms with E-state index >= 15 is 0 Å². The Kier molecular flexibility index (Phi) is 3.21. The van der Waals surface area contributed by atoms with Gasteiger partial charge in [-0.15, -0.1) is 0 Å². The molecule has 0 atom stereocenters. The topological polar surface area (TPSA) is 21.3 Å². The molecular formula is C15H21NO. The van der Waals surface area contributed by atoms with Crippen LogP contribution >= 0.6 is 0 Å². The van der Waals surface area contributed by atoms with Crippen LogP contribution < -0.4 is 10.1 Å². The minimum atomic E-state index is 0.794. The van der Waals surface area contributed by atoms with Gasteiger partial charge in [-0.05, 0) is 43.7 Å². The molecule has 1 saturated carbocycles. The first-order valence-electron chi connectivity index (χ1n) is 6.92. The van der Waals surface area contributed by atoms with Crippen LogP contribution in [0.1, 0.15) is 37.7 Å². The standard InChI is InChI=1S/C15H21NO/c1-2-6-12(5-1)11-17-15-9-3-8-14-13(15)7-4-10-16-14/h3,8-9,12,16H,1-2,4-7,10-11H2. The van der Waals surface area contributed by atoms with Gasteiger partial charge in [0.15, 0.2) is 0 Å². The third-order valence-corrected chi connectivity index (χ3v) is 4.00. The lowest BCUT2D eigenvalue weighted by Gasteiger charge is -2.21. The Labute approximate surface area is 103 Å². The molecule has 0 bridgehead atoms. The highest BCUT2D eigenvalue weighted by Gasteiger charge is 2.18.